The van der Waals surface area contributed by atoms with Gasteiger partial charge in [0.05, 0.1) is 6.42 Å². The molecular formula is C15H19BrFNO. The van der Waals surface area contributed by atoms with Gasteiger partial charge in [-0.2, -0.15) is 0 Å². The fourth-order valence-corrected chi connectivity index (χ4v) is 2.61. The molecule has 1 saturated carbocycles. The number of alkyl halides is 1. The molecule has 2 nitrogen and oxygen atoms in total. The topological polar surface area (TPSA) is 20.3 Å². The van der Waals surface area contributed by atoms with Crippen LogP contribution in [0.4, 0.5) is 4.39 Å². The van der Waals surface area contributed by atoms with Crippen molar-refractivity contribution in [1.29, 1.82) is 0 Å². The third kappa shape index (κ3) is 4.03. The first kappa shape index (κ1) is 14.5. The van der Waals surface area contributed by atoms with Crippen molar-refractivity contribution in [1.82, 2.24) is 4.90 Å². The fourth-order valence-electron chi connectivity index (χ4n) is 2.36. The minimum absolute atomic E-state index is 0.122. The summed E-state index contributed by atoms with van der Waals surface area (Å²) in [6.45, 7) is 0.796. The van der Waals surface area contributed by atoms with Crippen LogP contribution in [0.3, 0.4) is 0 Å². The number of rotatable bonds is 6. The molecule has 1 aromatic rings. The van der Waals surface area contributed by atoms with E-state index >= 15 is 0 Å². The molecule has 0 atom stereocenters. The second kappa shape index (κ2) is 7.04. The van der Waals surface area contributed by atoms with Gasteiger partial charge in [0, 0.05) is 17.9 Å². The molecule has 0 aromatic heterocycles. The lowest BCUT2D eigenvalue weighted by atomic mass is 9.91. The number of benzene rings is 1. The molecule has 1 fully saturated rings. The number of hydrogen-bond donors (Lipinski definition) is 0. The van der Waals surface area contributed by atoms with E-state index in [2.05, 4.69) is 15.9 Å². The number of halogens is 2. The molecule has 4 heteroatoms. The summed E-state index contributed by atoms with van der Waals surface area (Å²) in [5.41, 5.74) is 0.758. The van der Waals surface area contributed by atoms with Crippen molar-refractivity contribution in [2.75, 3.05) is 11.9 Å². The lowest BCUT2D eigenvalue weighted by Crippen LogP contribution is -2.45. The summed E-state index contributed by atoms with van der Waals surface area (Å²) in [5.74, 6) is -0.155. The van der Waals surface area contributed by atoms with Crippen LogP contribution in [0.15, 0.2) is 24.3 Å². The fraction of sp³-hybridized carbons (Fsp3) is 0.533. The first-order chi connectivity index (χ1) is 9.20. The van der Waals surface area contributed by atoms with Crippen molar-refractivity contribution in [2.24, 2.45) is 0 Å². The van der Waals surface area contributed by atoms with Crippen LogP contribution in [0.5, 0.6) is 0 Å². The number of nitrogens with zero attached hydrogens (tertiary/aromatic N) is 1. The van der Waals surface area contributed by atoms with E-state index in [9.17, 15) is 9.18 Å². The first-order valence-electron chi connectivity index (χ1n) is 6.80. The summed E-state index contributed by atoms with van der Waals surface area (Å²) in [6.07, 6.45) is 4.69. The highest BCUT2D eigenvalue weighted by molar-refractivity contribution is 9.09. The van der Waals surface area contributed by atoms with Crippen molar-refractivity contribution in [3.63, 3.8) is 0 Å². The molecule has 0 saturated heterocycles. The maximum atomic E-state index is 13.1. The summed E-state index contributed by atoms with van der Waals surface area (Å²) in [6, 6.07) is 6.72. The van der Waals surface area contributed by atoms with Crippen molar-refractivity contribution in [3.05, 3.63) is 35.6 Å². The van der Waals surface area contributed by atoms with Crippen molar-refractivity contribution in [2.45, 2.75) is 38.1 Å². The van der Waals surface area contributed by atoms with Gasteiger partial charge in [-0.05, 0) is 43.4 Å². The van der Waals surface area contributed by atoms with Crippen molar-refractivity contribution in [3.8, 4) is 0 Å². The SMILES string of the molecule is O=C(Cc1cccc(F)c1)N(CCCBr)C1CCC1. The molecule has 2 rings (SSSR count). The molecule has 0 bridgehead atoms. The van der Waals surface area contributed by atoms with E-state index in [1.807, 2.05) is 11.0 Å². The number of carbonyl (C=O) groups is 1. The molecule has 0 aliphatic heterocycles. The second-order valence-corrected chi connectivity index (χ2v) is 5.81. The normalized spacial score (nSPS) is 15.1. The molecule has 1 aromatic carbocycles. The molecule has 0 spiro atoms. The highest BCUT2D eigenvalue weighted by Crippen LogP contribution is 2.25. The number of hydrogen-bond acceptors (Lipinski definition) is 1. The molecule has 1 aliphatic rings. The predicted octanol–water partition coefficient (Wildman–Crippen LogP) is 3.53. The van der Waals surface area contributed by atoms with Crippen LogP contribution in [-0.2, 0) is 11.2 Å². The Hall–Kier alpha value is -0.900. The largest absolute Gasteiger partial charge is 0.339 e. The zero-order valence-electron chi connectivity index (χ0n) is 10.9. The summed E-state index contributed by atoms with van der Waals surface area (Å²) in [5, 5.41) is 0.906. The van der Waals surface area contributed by atoms with Crippen LogP contribution in [0, 0.1) is 5.82 Å². The Morgan fingerprint density at radius 3 is 2.79 bits per heavy atom. The highest BCUT2D eigenvalue weighted by atomic mass is 79.9. The van der Waals surface area contributed by atoms with Gasteiger partial charge in [-0.1, -0.05) is 28.1 Å². The van der Waals surface area contributed by atoms with Gasteiger partial charge in [0.25, 0.3) is 0 Å². The monoisotopic (exact) mass is 327 g/mol. The maximum Gasteiger partial charge on any atom is 0.227 e. The first-order valence-corrected chi connectivity index (χ1v) is 7.92. The lowest BCUT2D eigenvalue weighted by molar-refractivity contribution is -0.134. The molecule has 19 heavy (non-hydrogen) atoms. The second-order valence-electron chi connectivity index (χ2n) is 5.02. The summed E-state index contributed by atoms with van der Waals surface area (Å²) in [7, 11) is 0. The van der Waals surface area contributed by atoms with Crippen LogP contribution < -0.4 is 0 Å². The highest BCUT2D eigenvalue weighted by Gasteiger charge is 2.28. The van der Waals surface area contributed by atoms with Gasteiger partial charge in [0.1, 0.15) is 5.82 Å². The molecule has 1 amide bonds. The molecule has 0 unspecified atom stereocenters. The summed E-state index contributed by atoms with van der Waals surface area (Å²) < 4.78 is 13.1. The van der Waals surface area contributed by atoms with Gasteiger partial charge in [0.2, 0.25) is 5.91 Å². The lowest BCUT2D eigenvalue weighted by Gasteiger charge is -2.37. The third-order valence-corrected chi connectivity index (χ3v) is 4.17. The minimum atomic E-state index is -0.277. The van der Waals surface area contributed by atoms with Crippen LogP contribution in [-0.4, -0.2) is 28.7 Å². The maximum absolute atomic E-state index is 13.1. The number of carbonyl (C=O) groups excluding carboxylic acids is 1. The van der Waals surface area contributed by atoms with Crippen LogP contribution in [0.2, 0.25) is 0 Å². The van der Waals surface area contributed by atoms with Crippen molar-refractivity contribution < 1.29 is 9.18 Å². The Morgan fingerprint density at radius 2 is 2.21 bits per heavy atom. The molecular weight excluding hydrogens is 309 g/mol. The smallest absolute Gasteiger partial charge is 0.227 e. The average molecular weight is 328 g/mol. The molecule has 0 radical (unpaired) electrons. The standard InChI is InChI=1S/C15H19BrFNO/c16-8-3-9-18(14-6-2-7-14)15(19)11-12-4-1-5-13(17)10-12/h1,4-5,10,14H,2-3,6-9,11H2. The zero-order valence-corrected chi connectivity index (χ0v) is 12.5. The van der Waals surface area contributed by atoms with E-state index in [-0.39, 0.29) is 11.7 Å². The zero-order chi connectivity index (χ0) is 13.7. The van der Waals surface area contributed by atoms with E-state index in [1.54, 1.807) is 6.07 Å². The van der Waals surface area contributed by atoms with Gasteiger partial charge in [-0.15, -0.1) is 0 Å². The van der Waals surface area contributed by atoms with Gasteiger partial charge >= 0.3 is 0 Å². The Balaban J connectivity index is 1.98. The van der Waals surface area contributed by atoms with Gasteiger partial charge < -0.3 is 4.90 Å². The van der Waals surface area contributed by atoms with Gasteiger partial charge in [-0.25, -0.2) is 4.39 Å². The molecule has 104 valence electrons. The predicted molar refractivity (Wildman–Crippen MR) is 77.9 cm³/mol. The summed E-state index contributed by atoms with van der Waals surface area (Å²) in [4.78, 5) is 14.3. The summed E-state index contributed by atoms with van der Waals surface area (Å²) >= 11 is 3.40. The molecule has 1 aliphatic carbocycles. The number of amides is 1. The van der Waals surface area contributed by atoms with E-state index in [4.69, 9.17) is 0 Å². The Kier molecular flexibility index (Phi) is 5.37. The van der Waals surface area contributed by atoms with E-state index in [1.165, 1.54) is 18.6 Å². The Labute approximate surface area is 122 Å². The van der Waals surface area contributed by atoms with Crippen molar-refractivity contribution >= 4 is 21.8 Å². The van der Waals surface area contributed by atoms with Crippen LogP contribution in [0.1, 0.15) is 31.2 Å². The Morgan fingerprint density at radius 1 is 1.42 bits per heavy atom. The van der Waals surface area contributed by atoms with E-state index in [0.29, 0.717) is 12.5 Å². The average Bonchev–Trinajstić information content (AvgIpc) is 2.31. The molecule has 0 heterocycles. The van der Waals surface area contributed by atoms with Gasteiger partial charge in [-0.3, -0.25) is 4.79 Å². The third-order valence-electron chi connectivity index (χ3n) is 3.61. The van der Waals surface area contributed by atoms with E-state index < -0.39 is 0 Å². The van der Waals surface area contributed by atoms with Crippen LogP contribution >= 0.6 is 15.9 Å². The minimum Gasteiger partial charge on any atom is -0.339 e. The van der Waals surface area contributed by atoms with Crippen LogP contribution in [0.25, 0.3) is 0 Å². The molecule has 0 N–H and O–H groups in total. The quantitative estimate of drug-likeness (QED) is 0.732. The Bertz CT molecular complexity index is 434. The van der Waals surface area contributed by atoms with E-state index in [0.717, 1.165) is 36.7 Å². The van der Waals surface area contributed by atoms with Gasteiger partial charge in [0.15, 0.2) is 0 Å².